The van der Waals surface area contributed by atoms with E-state index in [1.54, 1.807) is 0 Å². The largest absolute Gasteiger partial charge is 0.478 e. The van der Waals surface area contributed by atoms with Gasteiger partial charge in [0.25, 0.3) is 0 Å². The summed E-state index contributed by atoms with van der Waals surface area (Å²) in [7, 11) is -7.35. The molecule has 0 saturated carbocycles. The number of sulfone groups is 1. The molecule has 1 rings (SSSR count). The second-order valence-corrected chi connectivity index (χ2v) is 7.82. The molecule has 0 amide bonds. The van der Waals surface area contributed by atoms with E-state index in [-0.39, 0.29) is 17.9 Å². The van der Waals surface area contributed by atoms with E-state index in [9.17, 15) is 21.6 Å². The quantitative estimate of drug-likeness (QED) is 0.745. The van der Waals surface area contributed by atoms with Crippen LogP contribution in [-0.2, 0) is 19.9 Å². The predicted molar refractivity (Wildman–Crippen MR) is 68.3 cm³/mol. The molecule has 0 atom stereocenters. The number of carboxylic acid groups (broad SMARTS) is 1. The molecule has 0 aliphatic carbocycles. The molecule has 1 aromatic carbocycles. The second kappa shape index (κ2) is 5.68. The molecule has 106 valence electrons. The maximum Gasteiger partial charge on any atom is 0.337 e. The molecular weight excluding hydrogens is 294 g/mol. The van der Waals surface area contributed by atoms with Gasteiger partial charge >= 0.3 is 5.97 Å². The van der Waals surface area contributed by atoms with Crippen LogP contribution < -0.4 is 4.72 Å². The minimum Gasteiger partial charge on any atom is -0.478 e. The summed E-state index contributed by atoms with van der Waals surface area (Å²) < 4.78 is 47.6. The minimum atomic E-state index is -4.05. The molecule has 0 spiro atoms. The van der Waals surface area contributed by atoms with Gasteiger partial charge in [-0.05, 0) is 12.1 Å². The molecule has 0 aromatic heterocycles. The lowest BCUT2D eigenvalue weighted by Crippen LogP contribution is -2.30. The Kier molecular flexibility index (Phi) is 4.66. The fraction of sp³-hybridized carbons (Fsp3) is 0.300. The number of sulfonamides is 1. The Morgan fingerprint density at radius 3 is 2.32 bits per heavy atom. The van der Waals surface area contributed by atoms with E-state index >= 15 is 0 Å². The summed E-state index contributed by atoms with van der Waals surface area (Å²) in [5, 5.41) is 8.90. The van der Waals surface area contributed by atoms with Gasteiger partial charge in [0, 0.05) is 12.8 Å². The number of nitrogens with one attached hydrogen (secondary N) is 1. The van der Waals surface area contributed by atoms with Gasteiger partial charge in [-0.1, -0.05) is 12.1 Å². The number of aromatic carboxylic acids is 1. The van der Waals surface area contributed by atoms with Gasteiger partial charge in [-0.15, -0.1) is 0 Å². The monoisotopic (exact) mass is 307 g/mol. The Hall–Kier alpha value is -1.45. The minimum absolute atomic E-state index is 0.310. The number of hydrogen-bond donors (Lipinski definition) is 2. The number of rotatable bonds is 6. The van der Waals surface area contributed by atoms with E-state index in [1.807, 2.05) is 0 Å². The summed E-state index contributed by atoms with van der Waals surface area (Å²) in [6.07, 6.45) is 0.979. The fourth-order valence-corrected chi connectivity index (χ4v) is 3.15. The molecule has 7 nitrogen and oxygen atoms in total. The zero-order valence-corrected chi connectivity index (χ0v) is 11.7. The number of hydrogen-bond acceptors (Lipinski definition) is 5. The number of carbonyl (C=O) groups is 1. The van der Waals surface area contributed by atoms with Gasteiger partial charge in [-0.25, -0.2) is 26.4 Å². The predicted octanol–water partition coefficient (Wildman–Crippen LogP) is -0.292. The van der Waals surface area contributed by atoms with Crippen molar-refractivity contribution in [3.63, 3.8) is 0 Å². The van der Waals surface area contributed by atoms with E-state index < -0.39 is 30.7 Å². The Bertz CT molecular complexity index is 678. The van der Waals surface area contributed by atoms with Crippen molar-refractivity contribution < 1.29 is 26.7 Å². The van der Waals surface area contributed by atoms with Gasteiger partial charge in [0.05, 0.1) is 16.2 Å². The molecule has 0 bridgehead atoms. The van der Waals surface area contributed by atoms with Crippen molar-refractivity contribution in [2.24, 2.45) is 0 Å². The van der Waals surface area contributed by atoms with E-state index in [0.29, 0.717) is 0 Å². The van der Waals surface area contributed by atoms with Crippen molar-refractivity contribution in [1.29, 1.82) is 0 Å². The lowest BCUT2D eigenvalue weighted by Gasteiger charge is -2.08. The Balaban J connectivity index is 2.98. The molecule has 0 unspecified atom stereocenters. The normalized spacial score (nSPS) is 12.3. The van der Waals surface area contributed by atoms with Crippen molar-refractivity contribution in [1.82, 2.24) is 4.72 Å². The first kappa shape index (κ1) is 15.6. The molecule has 0 radical (unpaired) electrons. The maximum atomic E-state index is 11.9. The van der Waals surface area contributed by atoms with Gasteiger partial charge in [0.15, 0.2) is 0 Å². The van der Waals surface area contributed by atoms with Crippen molar-refractivity contribution >= 4 is 25.8 Å². The molecule has 0 fully saturated rings. The first-order valence-corrected chi connectivity index (χ1v) is 8.67. The van der Waals surface area contributed by atoms with E-state index in [4.69, 9.17) is 5.11 Å². The molecule has 1 aromatic rings. The van der Waals surface area contributed by atoms with Crippen LogP contribution in [0.25, 0.3) is 0 Å². The zero-order valence-electron chi connectivity index (χ0n) is 10.0. The van der Waals surface area contributed by atoms with Gasteiger partial charge in [-0.2, -0.15) is 0 Å². The van der Waals surface area contributed by atoms with Crippen LogP contribution in [0.15, 0.2) is 29.2 Å². The summed E-state index contributed by atoms with van der Waals surface area (Å²) >= 11 is 0. The van der Waals surface area contributed by atoms with Crippen LogP contribution in [0.4, 0.5) is 0 Å². The van der Waals surface area contributed by atoms with E-state index in [2.05, 4.69) is 4.72 Å². The highest BCUT2D eigenvalue weighted by molar-refractivity contribution is 7.91. The Morgan fingerprint density at radius 2 is 1.79 bits per heavy atom. The Labute approximate surface area is 111 Å². The van der Waals surface area contributed by atoms with Crippen LogP contribution in [-0.4, -0.2) is 46.5 Å². The summed E-state index contributed by atoms with van der Waals surface area (Å²) in [6.45, 7) is -0.310. The summed E-state index contributed by atoms with van der Waals surface area (Å²) in [4.78, 5) is 10.5. The van der Waals surface area contributed by atoms with E-state index in [1.165, 1.54) is 12.1 Å². The molecule has 19 heavy (non-hydrogen) atoms. The summed E-state index contributed by atoms with van der Waals surface area (Å²) in [6, 6.07) is 5.09. The van der Waals surface area contributed by atoms with Gasteiger partial charge in [-0.3, -0.25) is 0 Å². The summed E-state index contributed by atoms with van der Waals surface area (Å²) in [5.41, 5.74) is -0.366. The van der Waals surface area contributed by atoms with Gasteiger partial charge < -0.3 is 5.11 Å². The number of benzene rings is 1. The van der Waals surface area contributed by atoms with Crippen LogP contribution in [0, 0.1) is 0 Å². The third kappa shape index (κ3) is 4.62. The van der Waals surface area contributed by atoms with Crippen LogP contribution in [0.1, 0.15) is 10.4 Å². The molecule has 2 N–H and O–H groups in total. The zero-order chi connectivity index (χ0) is 14.7. The highest BCUT2D eigenvalue weighted by atomic mass is 32.2. The van der Waals surface area contributed by atoms with Crippen molar-refractivity contribution in [2.45, 2.75) is 4.90 Å². The van der Waals surface area contributed by atoms with Crippen LogP contribution in [0.5, 0.6) is 0 Å². The standard InChI is InChI=1S/C10H13NO6S2/c1-18(14,15)7-6-11-19(16,17)9-5-3-2-4-8(9)10(12)13/h2-5,11H,6-7H2,1H3,(H,12,13). The molecular formula is C10H13NO6S2. The average molecular weight is 307 g/mol. The average Bonchev–Trinajstić information content (AvgIpc) is 2.27. The van der Waals surface area contributed by atoms with Crippen molar-refractivity contribution in [3.05, 3.63) is 29.8 Å². The molecule has 0 saturated heterocycles. The van der Waals surface area contributed by atoms with Crippen molar-refractivity contribution in [3.8, 4) is 0 Å². The third-order valence-electron chi connectivity index (χ3n) is 2.17. The third-order valence-corrected chi connectivity index (χ3v) is 4.64. The van der Waals surface area contributed by atoms with E-state index in [0.717, 1.165) is 18.4 Å². The SMILES string of the molecule is CS(=O)(=O)CCNS(=O)(=O)c1ccccc1C(=O)O. The topological polar surface area (TPSA) is 118 Å². The molecule has 0 heterocycles. The smallest absolute Gasteiger partial charge is 0.337 e. The Morgan fingerprint density at radius 1 is 1.21 bits per heavy atom. The maximum absolute atomic E-state index is 11.9. The molecule has 0 aliphatic rings. The fourth-order valence-electron chi connectivity index (χ4n) is 1.32. The number of carboxylic acids is 1. The van der Waals surface area contributed by atoms with Crippen LogP contribution in [0.2, 0.25) is 0 Å². The van der Waals surface area contributed by atoms with Crippen LogP contribution in [0.3, 0.4) is 0 Å². The van der Waals surface area contributed by atoms with Gasteiger partial charge in [0.2, 0.25) is 10.0 Å². The summed E-state index contributed by atoms with van der Waals surface area (Å²) in [5.74, 6) is -1.73. The van der Waals surface area contributed by atoms with Gasteiger partial charge in [0.1, 0.15) is 9.84 Å². The first-order valence-electron chi connectivity index (χ1n) is 5.13. The molecule has 9 heteroatoms. The highest BCUT2D eigenvalue weighted by Crippen LogP contribution is 2.14. The lowest BCUT2D eigenvalue weighted by molar-refractivity contribution is 0.0692. The lowest BCUT2D eigenvalue weighted by atomic mass is 10.2. The first-order chi connectivity index (χ1) is 8.63. The van der Waals surface area contributed by atoms with Crippen LogP contribution >= 0.6 is 0 Å². The van der Waals surface area contributed by atoms with Crippen molar-refractivity contribution in [2.75, 3.05) is 18.6 Å². The highest BCUT2D eigenvalue weighted by Gasteiger charge is 2.21. The molecule has 0 aliphatic heterocycles. The second-order valence-electron chi connectivity index (χ2n) is 3.83.